The smallest absolute Gasteiger partial charge is 0.161 e. The van der Waals surface area contributed by atoms with E-state index in [2.05, 4.69) is 36.2 Å². The van der Waals surface area contributed by atoms with Gasteiger partial charge in [0.15, 0.2) is 5.82 Å². The van der Waals surface area contributed by atoms with E-state index in [0.29, 0.717) is 5.82 Å². The lowest BCUT2D eigenvalue weighted by molar-refractivity contribution is 0.709. The van der Waals surface area contributed by atoms with Crippen LogP contribution in [0.4, 0.5) is 5.82 Å². The SMILES string of the molecule is Cc1ccc(-c2nc(N)c3c(n2)CCCCC3)cc1. The molecule has 0 aliphatic heterocycles. The van der Waals surface area contributed by atoms with E-state index in [1.54, 1.807) is 0 Å². The van der Waals surface area contributed by atoms with E-state index in [-0.39, 0.29) is 0 Å². The van der Waals surface area contributed by atoms with E-state index in [0.717, 1.165) is 29.9 Å². The Morgan fingerprint density at radius 1 is 0.947 bits per heavy atom. The van der Waals surface area contributed by atoms with E-state index in [9.17, 15) is 0 Å². The topological polar surface area (TPSA) is 51.8 Å². The predicted octanol–water partition coefficient (Wildman–Crippen LogP) is 3.30. The van der Waals surface area contributed by atoms with Crippen molar-refractivity contribution >= 4 is 5.82 Å². The van der Waals surface area contributed by atoms with Crippen LogP contribution >= 0.6 is 0 Å². The minimum Gasteiger partial charge on any atom is -0.383 e. The van der Waals surface area contributed by atoms with Gasteiger partial charge in [0.2, 0.25) is 0 Å². The summed E-state index contributed by atoms with van der Waals surface area (Å²) in [5, 5.41) is 0. The molecule has 0 amide bonds. The normalized spacial score (nSPS) is 14.8. The molecule has 1 aromatic heterocycles. The second kappa shape index (κ2) is 5.00. The van der Waals surface area contributed by atoms with Gasteiger partial charge in [-0.15, -0.1) is 0 Å². The zero-order valence-corrected chi connectivity index (χ0v) is 11.3. The van der Waals surface area contributed by atoms with E-state index < -0.39 is 0 Å². The fourth-order valence-electron chi connectivity index (χ4n) is 2.63. The van der Waals surface area contributed by atoms with E-state index in [4.69, 9.17) is 10.7 Å². The van der Waals surface area contributed by atoms with Crippen LogP contribution in [-0.4, -0.2) is 9.97 Å². The zero-order chi connectivity index (χ0) is 13.2. The first kappa shape index (κ1) is 12.2. The third-order valence-corrected chi connectivity index (χ3v) is 3.77. The van der Waals surface area contributed by atoms with Crippen molar-refractivity contribution in [3.63, 3.8) is 0 Å². The van der Waals surface area contributed by atoms with Crippen molar-refractivity contribution in [1.82, 2.24) is 9.97 Å². The number of nitrogen functional groups attached to an aromatic ring is 1. The Balaban J connectivity index is 2.06. The van der Waals surface area contributed by atoms with Gasteiger partial charge in [-0.3, -0.25) is 0 Å². The van der Waals surface area contributed by atoms with Gasteiger partial charge < -0.3 is 5.73 Å². The molecule has 0 radical (unpaired) electrons. The third kappa shape index (κ3) is 2.46. The van der Waals surface area contributed by atoms with Crippen LogP contribution in [0.25, 0.3) is 11.4 Å². The predicted molar refractivity (Wildman–Crippen MR) is 77.9 cm³/mol. The first-order valence-electron chi connectivity index (χ1n) is 6.96. The van der Waals surface area contributed by atoms with Crippen molar-refractivity contribution in [3.8, 4) is 11.4 Å². The first-order chi connectivity index (χ1) is 9.24. The van der Waals surface area contributed by atoms with Crippen molar-refractivity contribution in [2.45, 2.75) is 39.0 Å². The van der Waals surface area contributed by atoms with E-state index >= 15 is 0 Å². The highest BCUT2D eigenvalue weighted by Gasteiger charge is 2.15. The van der Waals surface area contributed by atoms with Gasteiger partial charge in [-0.1, -0.05) is 36.2 Å². The highest BCUT2D eigenvalue weighted by molar-refractivity contribution is 5.59. The maximum absolute atomic E-state index is 6.13. The highest BCUT2D eigenvalue weighted by atomic mass is 15.0. The molecule has 0 bridgehead atoms. The van der Waals surface area contributed by atoms with Crippen LogP contribution in [0.1, 0.15) is 36.1 Å². The van der Waals surface area contributed by atoms with Gasteiger partial charge >= 0.3 is 0 Å². The van der Waals surface area contributed by atoms with Crippen LogP contribution in [0.5, 0.6) is 0 Å². The molecule has 1 heterocycles. The number of fused-ring (bicyclic) bond motifs is 1. The lowest BCUT2D eigenvalue weighted by Gasteiger charge is -2.10. The number of hydrogen-bond donors (Lipinski definition) is 1. The van der Waals surface area contributed by atoms with E-state index in [1.165, 1.54) is 30.4 Å². The van der Waals surface area contributed by atoms with Gasteiger partial charge in [0.25, 0.3) is 0 Å². The fourth-order valence-corrected chi connectivity index (χ4v) is 2.63. The average molecular weight is 253 g/mol. The molecule has 1 aromatic carbocycles. The van der Waals surface area contributed by atoms with Crippen LogP contribution in [0.15, 0.2) is 24.3 Å². The minimum atomic E-state index is 0.669. The molecular formula is C16H19N3. The van der Waals surface area contributed by atoms with Gasteiger partial charge in [0.05, 0.1) is 0 Å². The summed E-state index contributed by atoms with van der Waals surface area (Å²) in [6, 6.07) is 8.29. The van der Waals surface area contributed by atoms with Gasteiger partial charge in [0.1, 0.15) is 5.82 Å². The largest absolute Gasteiger partial charge is 0.383 e. The Morgan fingerprint density at radius 2 is 1.68 bits per heavy atom. The standard InChI is InChI=1S/C16H19N3/c1-11-7-9-12(10-8-11)16-18-14-6-4-2-3-5-13(14)15(17)19-16/h7-10H,2-6H2,1H3,(H2,17,18,19). The molecular weight excluding hydrogens is 234 g/mol. The second-order valence-corrected chi connectivity index (χ2v) is 5.28. The maximum atomic E-state index is 6.13. The summed E-state index contributed by atoms with van der Waals surface area (Å²) in [5.41, 5.74) is 10.7. The Morgan fingerprint density at radius 3 is 2.47 bits per heavy atom. The van der Waals surface area contributed by atoms with Crippen LogP contribution in [0, 0.1) is 6.92 Å². The minimum absolute atomic E-state index is 0.669. The summed E-state index contributed by atoms with van der Waals surface area (Å²) in [5.74, 6) is 1.43. The average Bonchev–Trinajstić information content (AvgIpc) is 2.65. The molecule has 3 nitrogen and oxygen atoms in total. The van der Waals surface area contributed by atoms with E-state index in [1.807, 2.05) is 0 Å². The van der Waals surface area contributed by atoms with Crippen molar-refractivity contribution in [3.05, 3.63) is 41.1 Å². The number of hydrogen-bond acceptors (Lipinski definition) is 3. The van der Waals surface area contributed by atoms with Gasteiger partial charge in [0, 0.05) is 16.8 Å². The first-order valence-corrected chi connectivity index (χ1v) is 6.96. The Bertz CT molecular complexity index is 588. The Labute approximate surface area is 113 Å². The molecule has 1 aliphatic carbocycles. The lowest BCUT2D eigenvalue weighted by atomic mass is 10.1. The Kier molecular flexibility index (Phi) is 3.20. The summed E-state index contributed by atoms with van der Waals surface area (Å²) >= 11 is 0. The number of aryl methyl sites for hydroxylation is 2. The molecule has 2 N–H and O–H groups in total. The fraction of sp³-hybridized carbons (Fsp3) is 0.375. The number of nitrogens with zero attached hydrogens (tertiary/aromatic N) is 2. The van der Waals surface area contributed by atoms with Gasteiger partial charge in [-0.2, -0.15) is 0 Å². The van der Waals surface area contributed by atoms with Crippen molar-refractivity contribution in [2.75, 3.05) is 5.73 Å². The number of anilines is 1. The molecule has 1 aliphatic rings. The summed E-state index contributed by atoms with van der Waals surface area (Å²) in [6.45, 7) is 2.08. The molecule has 0 spiro atoms. The van der Waals surface area contributed by atoms with Crippen molar-refractivity contribution < 1.29 is 0 Å². The van der Waals surface area contributed by atoms with Crippen LogP contribution in [-0.2, 0) is 12.8 Å². The van der Waals surface area contributed by atoms with Crippen LogP contribution in [0.3, 0.4) is 0 Å². The molecule has 3 heteroatoms. The maximum Gasteiger partial charge on any atom is 0.161 e. The lowest BCUT2D eigenvalue weighted by Crippen LogP contribution is -2.06. The molecule has 2 aromatic rings. The van der Waals surface area contributed by atoms with Gasteiger partial charge in [-0.25, -0.2) is 9.97 Å². The zero-order valence-electron chi connectivity index (χ0n) is 11.3. The number of rotatable bonds is 1. The number of aromatic nitrogens is 2. The molecule has 0 fully saturated rings. The summed E-state index contributed by atoms with van der Waals surface area (Å²) in [4.78, 5) is 9.24. The molecule has 0 atom stereocenters. The Hall–Kier alpha value is -1.90. The van der Waals surface area contributed by atoms with Gasteiger partial charge in [-0.05, 0) is 32.6 Å². The summed E-state index contributed by atoms with van der Waals surface area (Å²) < 4.78 is 0. The monoisotopic (exact) mass is 253 g/mol. The molecule has 98 valence electrons. The summed E-state index contributed by atoms with van der Waals surface area (Å²) in [7, 11) is 0. The number of nitrogens with two attached hydrogens (primary N) is 1. The van der Waals surface area contributed by atoms with Crippen molar-refractivity contribution in [2.24, 2.45) is 0 Å². The molecule has 3 rings (SSSR count). The van der Waals surface area contributed by atoms with Crippen LogP contribution < -0.4 is 5.73 Å². The second-order valence-electron chi connectivity index (χ2n) is 5.28. The molecule has 19 heavy (non-hydrogen) atoms. The van der Waals surface area contributed by atoms with Crippen LogP contribution in [0.2, 0.25) is 0 Å². The molecule has 0 unspecified atom stereocenters. The molecule has 0 saturated carbocycles. The van der Waals surface area contributed by atoms with Crippen molar-refractivity contribution in [1.29, 1.82) is 0 Å². The third-order valence-electron chi connectivity index (χ3n) is 3.77. The summed E-state index contributed by atoms with van der Waals surface area (Å²) in [6.07, 6.45) is 5.72. The highest BCUT2D eigenvalue weighted by Crippen LogP contribution is 2.26. The molecule has 0 saturated heterocycles. The quantitative estimate of drug-likeness (QED) is 0.793. The number of benzene rings is 1.